The van der Waals surface area contributed by atoms with Crippen LogP contribution in [0, 0.1) is 0 Å². The minimum absolute atomic E-state index is 0.0760. The first-order chi connectivity index (χ1) is 56.5. The Morgan fingerprint density at radius 2 is 0.349 bits per heavy atom. The van der Waals surface area contributed by atoms with Gasteiger partial charge < -0.3 is 23.4 Å². The number of alkyl halides is 64. The third-order valence-electron chi connectivity index (χ3n) is 16.6. The van der Waals surface area contributed by atoms with Crippen molar-refractivity contribution in [2.24, 2.45) is 0 Å². The van der Waals surface area contributed by atoms with Crippen LogP contribution in [-0.4, -0.2) is 248 Å². The highest BCUT2D eigenvalue weighted by Gasteiger charge is 2.99. The highest BCUT2D eigenvalue weighted by molar-refractivity contribution is 6.12. The SMILES string of the molecule is FC(F)C(F)(F)C(F)(F)C(F)(F)C(F)(F)C(F)(F)C(F)(F)C(F)(F)COc1nc(OCC(F)(F)C(F)(F)C(F)(F)C(F)(F)C(F)(F)C(F)(F)C(F)(F)C(F)F)nc(-c2cccc3c2oc2c(-c4nc(OCC(F)(F)C(F)(F)C(F)(F)C(F)(F)C(F)(F)C(F)(F)C(F)(F)C(F)F)nc(OCC(F)(F)C(F)(F)C(F)(F)C(F)(F)C(F)(F)C(F)(F)C(F)(F)C(F)F)n4)cccc23)n1. The molecular weight excluding hydrogens is 2030 g/mol. The summed E-state index contributed by atoms with van der Waals surface area (Å²) in [5.41, 5.74) is -7.23. The number of rotatable bonds is 42. The molecule has 0 aliphatic carbocycles. The fraction of sp³-hybridized carbons (Fsp3) is 0.667. The molecule has 11 nitrogen and oxygen atoms in total. The van der Waals surface area contributed by atoms with Crippen LogP contribution < -0.4 is 18.9 Å². The predicted molar refractivity (Wildman–Crippen MR) is 276 cm³/mol. The minimum Gasteiger partial charge on any atom is -0.457 e. The molecule has 0 spiro atoms. The molecule has 0 aliphatic heterocycles. The first-order valence-corrected chi connectivity index (χ1v) is 30.2. The largest absolute Gasteiger partial charge is 0.457 e. The summed E-state index contributed by atoms with van der Waals surface area (Å²) in [4.78, 5) is 14.7. The normalized spacial score (nSPS) is 15.8. The number of para-hydroxylation sites is 2. The number of halogens is 64. The number of fused-ring (bicyclic) bond motifs is 3. The van der Waals surface area contributed by atoms with Crippen molar-refractivity contribution in [3.8, 4) is 46.8 Å². The van der Waals surface area contributed by atoms with Crippen molar-refractivity contribution < 1.29 is 304 Å². The number of benzene rings is 2. The Bertz CT molecular complexity index is 4320. The van der Waals surface area contributed by atoms with Crippen LogP contribution in [0.1, 0.15) is 0 Å². The molecule has 5 aromatic rings. The first kappa shape index (κ1) is 110. The predicted octanol–water partition coefficient (Wildman–Crippen LogP) is 23.7. The smallest absolute Gasteiger partial charge is 0.385 e. The van der Waals surface area contributed by atoms with E-state index >= 15 is 35.1 Å². The molecule has 0 atom stereocenters. The number of aromatic nitrogens is 6. The molecule has 2 aromatic carbocycles. The molecule has 0 saturated heterocycles. The van der Waals surface area contributed by atoms with Gasteiger partial charge in [0.2, 0.25) is 0 Å². The van der Waals surface area contributed by atoms with Gasteiger partial charge in [0.25, 0.3) is 0 Å². The van der Waals surface area contributed by atoms with E-state index in [0.717, 1.165) is 0 Å². The maximum absolute atomic E-state index is 15.2. The van der Waals surface area contributed by atoms with E-state index in [9.17, 15) is 246 Å². The molecule has 0 bridgehead atoms. The summed E-state index contributed by atoms with van der Waals surface area (Å²) < 4.78 is 928. The van der Waals surface area contributed by atoms with Gasteiger partial charge in [-0.05, 0) is 12.1 Å². The number of hydrogen-bond donors (Lipinski definition) is 0. The lowest BCUT2D eigenvalue weighted by Crippen LogP contribution is -2.74. The van der Waals surface area contributed by atoms with Crippen molar-refractivity contribution in [3.05, 3.63) is 36.4 Å². The van der Waals surface area contributed by atoms with E-state index in [2.05, 4.69) is 48.9 Å². The Morgan fingerprint density at radius 3 is 0.504 bits per heavy atom. The average Bonchev–Trinajstić information content (AvgIpc) is 1.68. The van der Waals surface area contributed by atoms with Gasteiger partial charge in [0.15, 0.2) is 38.1 Å². The molecule has 0 N–H and O–H groups in total. The number of hydrogen-bond acceptors (Lipinski definition) is 11. The summed E-state index contributed by atoms with van der Waals surface area (Å²) in [5, 5.41) is -2.55. The summed E-state index contributed by atoms with van der Waals surface area (Å²) in [6.07, 6.45) is -25.9. The molecule has 3 heterocycles. The fourth-order valence-corrected chi connectivity index (χ4v) is 9.00. The van der Waals surface area contributed by atoms with Gasteiger partial charge in [-0.1, -0.05) is 24.3 Å². The maximum atomic E-state index is 15.2. The zero-order chi connectivity index (χ0) is 102. The van der Waals surface area contributed by atoms with Crippen LogP contribution in [-0.2, 0) is 0 Å². The highest BCUT2D eigenvalue weighted by atomic mass is 19.4. The van der Waals surface area contributed by atoms with Gasteiger partial charge in [-0.2, -0.15) is 266 Å². The van der Waals surface area contributed by atoms with Crippen LogP contribution in [0.3, 0.4) is 0 Å². The third-order valence-corrected chi connectivity index (χ3v) is 16.6. The lowest BCUT2D eigenvalue weighted by atomic mass is 9.89. The molecule has 0 aliphatic rings. The Kier molecular flexibility index (Phi) is 27.3. The van der Waals surface area contributed by atoms with Crippen LogP contribution in [0.4, 0.5) is 281 Å². The molecule has 0 fully saturated rings. The molecule has 3 aromatic heterocycles. The lowest BCUT2D eigenvalue weighted by Gasteiger charge is -2.42. The summed E-state index contributed by atoms with van der Waals surface area (Å²) >= 11 is 0. The van der Waals surface area contributed by atoms with Gasteiger partial charge in [-0.25, -0.2) is 35.1 Å². The zero-order valence-electron chi connectivity index (χ0n) is 57.5. The molecule has 129 heavy (non-hydrogen) atoms. The van der Waals surface area contributed by atoms with Gasteiger partial charge in [0, 0.05) is 10.8 Å². The van der Waals surface area contributed by atoms with Crippen LogP contribution >= 0.6 is 0 Å². The van der Waals surface area contributed by atoms with E-state index in [4.69, 9.17) is 4.42 Å². The van der Waals surface area contributed by atoms with Crippen molar-refractivity contribution in [1.82, 2.24) is 29.9 Å². The molecule has 5 rings (SSSR count). The Morgan fingerprint density at radius 1 is 0.202 bits per heavy atom. The molecule has 742 valence electrons. The van der Waals surface area contributed by atoms with E-state index < -0.39 is 287 Å². The fourth-order valence-electron chi connectivity index (χ4n) is 9.00. The minimum atomic E-state index is -9.35. The summed E-state index contributed by atoms with van der Waals surface area (Å²) in [5.74, 6) is -251. The second-order valence-electron chi connectivity index (χ2n) is 25.1. The monoisotopic (exact) mass is 2050 g/mol. The summed E-state index contributed by atoms with van der Waals surface area (Å²) in [7, 11) is 0. The summed E-state index contributed by atoms with van der Waals surface area (Å²) in [6.45, 7) is -17.8. The zero-order valence-corrected chi connectivity index (χ0v) is 57.5. The molecule has 0 radical (unpaired) electrons. The topological polar surface area (TPSA) is 127 Å². The van der Waals surface area contributed by atoms with Crippen LogP contribution in [0.2, 0.25) is 0 Å². The van der Waals surface area contributed by atoms with Gasteiger partial charge in [0.05, 0.1) is 11.1 Å². The molecule has 0 amide bonds. The average molecular weight is 2050 g/mol. The van der Waals surface area contributed by atoms with E-state index in [1.165, 1.54) is 0 Å². The number of furan rings is 1. The second-order valence-corrected chi connectivity index (χ2v) is 25.1. The van der Waals surface area contributed by atoms with Crippen LogP contribution in [0.15, 0.2) is 40.8 Å². The maximum Gasteiger partial charge on any atom is 0.385 e. The van der Waals surface area contributed by atoms with Crippen LogP contribution in [0.5, 0.6) is 24.0 Å². The molecular formula is C54H18F64N6O5. The van der Waals surface area contributed by atoms with Gasteiger partial charge in [0.1, 0.15) is 11.2 Å². The van der Waals surface area contributed by atoms with E-state index in [1.54, 1.807) is 0 Å². The van der Waals surface area contributed by atoms with Gasteiger partial charge in [-0.3, -0.25) is 0 Å². The van der Waals surface area contributed by atoms with Crippen molar-refractivity contribution in [2.45, 2.75) is 192 Å². The van der Waals surface area contributed by atoms with Crippen molar-refractivity contribution in [2.75, 3.05) is 26.4 Å². The van der Waals surface area contributed by atoms with Crippen molar-refractivity contribution in [1.29, 1.82) is 0 Å². The quantitative estimate of drug-likeness (QED) is 0.0347. The van der Waals surface area contributed by atoms with E-state index in [1.807, 2.05) is 0 Å². The molecule has 0 saturated carbocycles. The van der Waals surface area contributed by atoms with Crippen LogP contribution in [0.25, 0.3) is 44.7 Å². The standard InChI is InChI=1S/C54H18F64N6O5/c55-19(56)31(71,72)39(87,88)47(103,104)51(111,112)43(95,96)35(79,80)27(63,64)7-125-23-119-17(120-24(123-23)126-8-28(65,66)36(81,82)44(97,98)52(113,114)48(105,106)40(89,90)32(73,74)20(57)58)13-5-1-3-11-12-4-2-6-14(16(12)129-15(11)13)18-121-25(127-9-29(67,68)37(83,84)45(99,100)53(115,116)49(107,108)41(91,92)33(75,76)21(59)60)124-26(122-18)128-10-30(69,70)38(85,86)46(101,102)54(117,118)50(109,110)42(93,94)34(77,78)22(61)62/h1-6,19-22H,7-10H2. The van der Waals surface area contributed by atoms with Crippen molar-refractivity contribution >= 4 is 21.9 Å². The molecule has 75 heteroatoms. The van der Waals surface area contributed by atoms with Gasteiger partial charge in [-0.15, -0.1) is 9.97 Å². The van der Waals surface area contributed by atoms with Gasteiger partial charge >= 0.3 is 216 Å². The van der Waals surface area contributed by atoms with Crippen molar-refractivity contribution in [3.63, 3.8) is 0 Å². The number of ether oxygens (including phenoxy) is 4. The summed E-state index contributed by atoms with van der Waals surface area (Å²) in [6, 6.07) is -11.8. The number of nitrogens with zero attached hydrogens (tertiary/aromatic N) is 6. The van der Waals surface area contributed by atoms with E-state index in [0.29, 0.717) is 0 Å². The Balaban J connectivity index is 1.86. The van der Waals surface area contributed by atoms with E-state index in [-0.39, 0.29) is 36.4 Å². The highest BCUT2D eigenvalue weighted by Crippen LogP contribution is 2.69. The second kappa shape index (κ2) is 31.9. The Labute approximate surface area is 657 Å². The lowest BCUT2D eigenvalue weighted by molar-refractivity contribution is -0.447. The first-order valence-electron chi connectivity index (χ1n) is 30.2. The third kappa shape index (κ3) is 15.6. The molecule has 0 unspecified atom stereocenters. The Hall–Kier alpha value is -9.02.